The van der Waals surface area contributed by atoms with Crippen LogP contribution in [0.1, 0.15) is 0 Å². The van der Waals surface area contributed by atoms with E-state index in [1.165, 1.54) is 0 Å². The molecule has 3 heteroatoms. The highest BCUT2D eigenvalue weighted by atomic mass is 15.0. The van der Waals surface area contributed by atoms with E-state index in [2.05, 4.69) is 16.4 Å². The molecule has 1 heterocycles. The van der Waals surface area contributed by atoms with Crippen molar-refractivity contribution in [3.05, 3.63) is 48.6 Å². The maximum absolute atomic E-state index is 6.92. The molecule has 0 aliphatic carbocycles. The molecule has 0 atom stereocenters. The third-order valence-corrected chi connectivity index (χ3v) is 2.06. The number of hydrogen-bond acceptors (Lipinski definition) is 1. The first-order chi connectivity index (χ1) is 6.85. The van der Waals surface area contributed by atoms with E-state index in [1.54, 1.807) is 12.4 Å². The van der Waals surface area contributed by atoms with Gasteiger partial charge in [0.1, 0.15) is 0 Å². The van der Waals surface area contributed by atoms with Crippen molar-refractivity contribution in [1.29, 1.82) is 0 Å². The van der Waals surface area contributed by atoms with Gasteiger partial charge in [-0.2, -0.15) is 0 Å². The summed E-state index contributed by atoms with van der Waals surface area (Å²) in [6.45, 7) is 11.3. The number of fused-ring (bicyclic) bond motifs is 1. The third-order valence-electron chi connectivity index (χ3n) is 2.06. The van der Waals surface area contributed by atoms with Gasteiger partial charge in [0.25, 0.3) is 0 Å². The van der Waals surface area contributed by atoms with Crippen LogP contribution in [0.3, 0.4) is 0 Å². The normalized spacial score (nSPS) is 9.93. The van der Waals surface area contributed by atoms with Gasteiger partial charge in [0.15, 0.2) is 5.69 Å². The van der Waals surface area contributed by atoms with Crippen LogP contribution in [-0.2, 0) is 6.54 Å². The first-order valence-electron chi connectivity index (χ1n) is 4.28. The Morgan fingerprint density at radius 2 is 2.43 bits per heavy atom. The maximum atomic E-state index is 6.92. The van der Waals surface area contributed by atoms with E-state index >= 15 is 0 Å². The fourth-order valence-electron chi connectivity index (χ4n) is 1.40. The summed E-state index contributed by atoms with van der Waals surface area (Å²) in [5, 5.41) is 0. The number of imidazole rings is 1. The number of aromatic nitrogens is 2. The second-order valence-electron chi connectivity index (χ2n) is 2.97. The van der Waals surface area contributed by atoms with Crippen LogP contribution in [0.25, 0.3) is 15.9 Å². The lowest BCUT2D eigenvalue weighted by molar-refractivity contribution is 0.851. The van der Waals surface area contributed by atoms with E-state index in [0.717, 1.165) is 17.6 Å². The molecule has 0 unspecified atom stereocenters. The highest BCUT2D eigenvalue weighted by Crippen LogP contribution is 2.20. The van der Waals surface area contributed by atoms with E-state index in [0.29, 0.717) is 5.69 Å². The van der Waals surface area contributed by atoms with Crippen molar-refractivity contribution in [3.63, 3.8) is 0 Å². The van der Waals surface area contributed by atoms with Crippen molar-refractivity contribution in [1.82, 2.24) is 9.55 Å². The van der Waals surface area contributed by atoms with E-state index in [9.17, 15) is 0 Å². The summed E-state index contributed by atoms with van der Waals surface area (Å²) < 4.78 is 1.97. The highest BCUT2D eigenvalue weighted by molar-refractivity contribution is 5.79. The van der Waals surface area contributed by atoms with Crippen molar-refractivity contribution in [3.8, 4) is 0 Å². The lowest BCUT2D eigenvalue weighted by Crippen LogP contribution is -1.91. The van der Waals surface area contributed by atoms with Crippen LogP contribution in [0.4, 0.5) is 5.69 Å². The van der Waals surface area contributed by atoms with Crippen molar-refractivity contribution in [2.75, 3.05) is 0 Å². The molecule has 2 rings (SSSR count). The van der Waals surface area contributed by atoms with E-state index in [1.807, 2.05) is 22.8 Å². The Morgan fingerprint density at radius 1 is 1.57 bits per heavy atom. The minimum atomic E-state index is 0.642. The first-order valence-corrected chi connectivity index (χ1v) is 4.28. The van der Waals surface area contributed by atoms with Crippen molar-refractivity contribution >= 4 is 16.7 Å². The summed E-state index contributed by atoms with van der Waals surface area (Å²) in [4.78, 5) is 7.61. The molecule has 3 nitrogen and oxygen atoms in total. The van der Waals surface area contributed by atoms with Gasteiger partial charge in [-0.3, -0.25) is 0 Å². The predicted octanol–water partition coefficient (Wildman–Crippen LogP) is 2.77. The molecule has 1 aromatic heterocycles. The van der Waals surface area contributed by atoms with E-state index in [4.69, 9.17) is 6.57 Å². The summed E-state index contributed by atoms with van der Waals surface area (Å²) >= 11 is 0. The zero-order valence-electron chi connectivity index (χ0n) is 7.64. The van der Waals surface area contributed by atoms with Gasteiger partial charge < -0.3 is 4.57 Å². The molecule has 0 saturated heterocycles. The Balaban J connectivity index is 2.64. The molecule has 68 valence electrons. The molecule has 2 aromatic rings. The molecule has 0 spiro atoms. The SMILES string of the molecule is [C-]#[N+]c1ccc2ncn(CC=C)c2c1. The van der Waals surface area contributed by atoms with E-state index in [-0.39, 0.29) is 0 Å². The van der Waals surface area contributed by atoms with Gasteiger partial charge in [0.2, 0.25) is 0 Å². The average Bonchev–Trinajstić information content (AvgIpc) is 2.61. The van der Waals surface area contributed by atoms with E-state index < -0.39 is 0 Å². The topological polar surface area (TPSA) is 22.2 Å². The van der Waals surface area contributed by atoms with Crippen LogP contribution in [0, 0.1) is 6.57 Å². The standard InChI is InChI=1S/C11H9N3/c1-3-6-14-8-13-10-5-4-9(12-2)7-11(10)14/h3-5,7-8H,1,6H2. The van der Waals surface area contributed by atoms with Crippen molar-refractivity contribution < 1.29 is 0 Å². The zero-order valence-corrected chi connectivity index (χ0v) is 7.64. The number of rotatable bonds is 2. The Morgan fingerprint density at radius 3 is 3.14 bits per heavy atom. The Bertz CT molecular complexity index is 517. The summed E-state index contributed by atoms with van der Waals surface area (Å²) in [5.41, 5.74) is 2.54. The van der Waals surface area contributed by atoms with Crippen LogP contribution in [0.15, 0.2) is 37.2 Å². The van der Waals surface area contributed by atoms with Gasteiger partial charge in [0, 0.05) is 6.54 Å². The molecule has 0 amide bonds. The Labute approximate surface area is 82.1 Å². The number of hydrogen-bond donors (Lipinski definition) is 0. The lowest BCUT2D eigenvalue weighted by Gasteiger charge is -1.98. The summed E-state index contributed by atoms with van der Waals surface area (Å²) in [6, 6.07) is 5.49. The lowest BCUT2D eigenvalue weighted by atomic mass is 10.3. The summed E-state index contributed by atoms with van der Waals surface area (Å²) in [6.07, 6.45) is 3.58. The number of nitrogens with zero attached hydrogens (tertiary/aromatic N) is 3. The maximum Gasteiger partial charge on any atom is 0.189 e. The first kappa shape index (κ1) is 8.52. The van der Waals surface area contributed by atoms with Crippen LogP contribution < -0.4 is 0 Å². The molecule has 14 heavy (non-hydrogen) atoms. The molecular formula is C11H9N3. The monoisotopic (exact) mass is 183 g/mol. The molecule has 1 aromatic carbocycles. The van der Waals surface area contributed by atoms with Crippen LogP contribution in [0.2, 0.25) is 0 Å². The predicted molar refractivity (Wildman–Crippen MR) is 56.2 cm³/mol. The molecule has 0 radical (unpaired) electrons. The summed E-state index contributed by atoms with van der Waals surface area (Å²) in [5.74, 6) is 0. The highest BCUT2D eigenvalue weighted by Gasteiger charge is 2.01. The third kappa shape index (κ3) is 1.27. The second kappa shape index (κ2) is 3.35. The van der Waals surface area contributed by atoms with Crippen molar-refractivity contribution in [2.24, 2.45) is 0 Å². The smallest absolute Gasteiger partial charge is 0.189 e. The van der Waals surface area contributed by atoms with Crippen LogP contribution in [0.5, 0.6) is 0 Å². The summed E-state index contributed by atoms with van der Waals surface area (Å²) in [7, 11) is 0. The van der Waals surface area contributed by atoms with Gasteiger partial charge in [-0.25, -0.2) is 9.83 Å². The number of allylic oxidation sites excluding steroid dienone is 1. The van der Waals surface area contributed by atoms with Gasteiger partial charge in [-0.15, -0.1) is 6.58 Å². The minimum Gasteiger partial charge on any atom is -0.328 e. The minimum absolute atomic E-state index is 0.642. The largest absolute Gasteiger partial charge is 0.328 e. The molecule has 0 aliphatic rings. The Hall–Kier alpha value is -2.08. The molecule has 0 aliphatic heterocycles. The fraction of sp³-hybridized carbons (Fsp3) is 0.0909. The molecule has 0 N–H and O–H groups in total. The van der Waals surface area contributed by atoms with Gasteiger partial charge in [-0.05, 0) is 12.1 Å². The molecule has 0 saturated carbocycles. The second-order valence-corrected chi connectivity index (χ2v) is 2.97. The molecule has 0 bridgehead atoms. The molecular weight excluding hydrogens is 174 g/mol. The van der Waals surface area contributed by atoms with Gasteiger partial charge >= 0.3 is 0 Å². The zero-order chi connectivity index (χ0) is 9.97. The molecule has 0 fully saturated rings. The number of benzene rings is 1. The quantitative estimate of drug-likeness (QED) is 0.518. The van der Waals surface area contributed by atoms with Gasteiger partial charge in [0.05, 0.1) is 23.9 Å². The average molecular weight is 183 g/mol. The van der Waals surface area contributed by atoms with Crippen LogP contribution >= 0.6 is 0 Å². The Kier molecular flexibility index (Phi) is 2.04. The van der Waals surface area contributed by atoms with Gasteiger partial charge in [-0.1, -0.05) is 12.1 Å². The van der Waals surface area contributed by atoms with Crippen molar-refractivity contribution in [2.45, 2.75) is 6.54 Å². The van der Waals surface area contributed by atoms with Crippen LogP contribution in [-0.4, -0.2) is 9.55 Å². The fourth-order valence-corrected chi connectivity index (χ4v) is 1.40.